The molecule has 0 saturated carbocycles. The molecule has 0 saturated heterocycles. The lowest BCUT2D eigenvalue weighted by Gasteiger charge is -2.02. The third-order valence-corrected chi connectivity index (χ3v) is 3.62. The second-order valence-electron chi connectivity index (χ2n) is 5.11. The molecule has 0 amide bonds. The van der Waals surface area contributed by atoms with Gasteiger partial charge >= 0.3 is 0 Å². The van der Waals surface area contributed by atoms with E-state index in [1.807, 2.05) is 24.4 Å². The number of H-pyrrole nitrogens is 1. The Morgan fingerprint density at radius 1 is 1.00 bits per heavy atom. The van der Waals surface area contributed by atoms with Crippen LogP contribution in [0.5, 0.6) is 5.75 Å². The molecule has 0 bridgehead atoms. The number of nitrogens with zero attached hydrogens (tertiary/aromatic N) is 3. The van der Waals surface area contributed by atoms with Crippen LogP contribution < -0.4 is 5.56 Å². The standard InChI is InChI=1S/C17H12N4O2/c22-12-6-4-11(5-7-12)17-16(13-8-9-15(23)19-18-13)14-3-1-2-10-21(14)20-17/h1-10,22H,(H,19,23). The van der Waals surface area contributed by atoms with Gasteiger partial charge in [-0.2, -0.15) is 10.2 Å². The number of phenols is 1. The van der Waals surface area contributed by atoms with Gasteiger partial charge in [-0.25, -0.2) is 9.61 Å². The molecular formula is C17H12N4O2. The van der Waals surface area contributed by atoms with Crippen LogP contribution >= 0.6 is 0 Å². The second kappa shape index (κ2) is 5.10. The van der Waals surface area contributed by atoms with E-state index in [4.69, 9.17) is 0 Å². The Hall–Kier alpha value is -3.41. The number of fused-ring (bicyclic) bond motifs is 1. The van der Waals surface area contributed by atoms with Gasteiger partial charge in [-0.1, -0.05) is 6.07 Å². The molecule has 0 unspecified atom stereocenters. The first-order chi connectivity index (χ1) is 11.2. The van der Waals surface area contributed by atoms with Crippen molar-refractivity contribution in [1.29, 1.82) is 0 Å². The van der Waals surface area contributed by atoms with E-state index < -0.39 is 0 Å². The predicted octanol–water partition coefficient (Wildman–Crippen LogP) is 2.46. The molecule has 6 nitrogen and oxygen atoms in total. The molecule has 0 aliphatic carbocycles. The molecule has 2 N–H and O–H groups in total. The van der Waals surface area contributed by atoms with Crippen LogP contribution in [0.15, 0.2) is 65.6 Å². The maximum Gasteiger partial charge on any atom is 0.264 e. The third-order valence-electron chi connectivity index (χ3n) is 3.62. The molecule has 4 rings (SSSR count). The molecule has 0 spiro atoms. The normalized spacial score (nSPS) is 11.0. The highest BCUT2D eigenvalue weighted by Crippen LogP contribution is 2.34. The Kier molecular flexibility index (Phi) is 2.94. The van der Waals surface area contributed by atoms with Gasteiger partial charge in [0.15, 0.2) is 0 Å². The summed E-state index contributed by atoms with van der Waals surface area (Å²) in [4.78, 5) is 11.3. The smallest absolute Gasteiger partial charge is 0.264 e. The van der Waals surface area contributed by atoms with Crippen LogP contribution in [0, 0.1) is 0 Å². The van der Waals surface area contributed by atoms with Gasteiger partial charge in [-0.3, -0.25) is 4.79 Å². The average Bonchev–Trinajstić information content (AvgIpc) is 2.96. The number of aromatic nitrogens is 4. The van der Waals surface area contributed by atoms with E-state index in [0.29, 0.717) is 5.69 Å². The summed E-state index contributed by atoms with van der Waals surface area (Å²) in [6.07, 6.45) is 1.86. The van der Waals surface area contributed by atoms with Crippen molar-refractivity contribution in [2.24, 2.45) is 0 Å². The average molecular weight is 304 g/mol. The maximum atomic E-state index is 11.3. The van der Waals surface area contributed by atoms with E-state index in [0.717, 1.165) is 22.3 Å². The molecule has 3 aromatic heterocycles. The van der Waals surface area contributed by atoms with E-state index in [9.17, 15) is 9.90 Å². The third kappa shape index (κ3) is 2.26. The number of hydrogen-bond donors (Lipinski definition) is 2. The van der Waals surface area contributed by atoms with Crippen molar-refractivity contribution in [2.45, 2.75) is 0 Å². The van der Waals surface area contributed by atoms with Gasteiger partial charge in [0.05, 0.1) is 16.8 Å². The largest absolute Gasteiger partial charge is 0.508 e. The minimum Gasteiger partial charge on any atom is -0.508 e. The van der Waals surface area contributed by atoms with Crippen molar-refractivity contribution >= 4 is 5.52 Å². The van der Waals surface area contributed by atoms with Crippen molar-refractivity contribution in [1.82, 2.24) is 19.8 Å². The summed E-state index contributed by atoms with van der Waals surface area (Å²) in [6, 6.07) is 15.7. The summed E-state index contributed by atoms with van der Waals surface area (Å²) in [5.74, 6) is 0.196. The molecule has 0 fully saturated rings. The second-order valence-corrected chi connectivity index (χ2v) is 5.11. The fourth-order valence-electron chi connectivity index (χ4n) is 2.56. The van der Waals surface area contributed by atoms with Crippen molar-refractivity contribution in [3.05, 3.63) is 71.1 Å². The quantitative estimate of drug-likeness (QED) is 0.596. The minimum absolute atomic E-state index is 0.196. The van der Waals surface area contributed by atoms with Crippen molar-refractivity contribution in [3.8, 4) is 28.3 Å². The molecule has 4 aromatic rings. The van der Waals surface area contributed by atoms with E-state index in [1.165, 1.54) is 6.07 Å². The number of hydrogen-bond acceptors (Lipinski definition) is 4. The van der Waals surface area contributed by atoms with Gasteiger partial charge in [0, 0.05) is 17.8 Å². The SMILES string of the molecule is O=c1ccc(-c2c(-c3ccc(O)cc3)nn3ccccc23)n[nH]1. The maximum absolute atomic E-state index is 11.3. The molecule has 6 heteroatoms. The lowest BCUT2D eigenvalue weighted by Crippen LogP contribution is -2.05. The lowest BCUT2D eigenvalue weighted by atomic mass is 10.0. The van der Waals surface area contributed by atoms with Gasteiger partial charge in [-0.05, 0) is 42.5 Å². The van der Waals surface area contributed by atoms with Gasteiger partial charge in [-0.15, -0.1) is 0 Å². The van der Waals surface area contributed by atoms with Crippen LogP contribution in [0.4, 0.5) is 0 Å². The van der Waals surface area contributed by atoms with E-state index in [2.05, 4.69) is 15.3 Å². The zero-order valence-corrected chi connectivity index (χ0v) is 12.0. The van der Waals surface area contributed by atoms with Gasteiger partial charge in [0.1, 0.15) is 11.4 Å². The monoisotopic (exact) mass is 304 g/mol. The van der Waals surface area contributed by atoms with Gasteiger partial charge in [0.2, 0.25) is 0 Å². The zero-order chi connectivity index (χ0) is 15.8. The number of nitrogens with one attached hydrogen (secondary N) is 1. The summed E-state index contributed by atoms with van der Waals surface area (Å²) in [5, 5.41) is 20.7. The summed E-state index contributed by atoms with van der Waals surface area (Å²) < 4.78 is 1.77. The molecule has 3 heterocycles. The molecule has 23 heavy (non-hydrogen) atoms. The predicted molar refractivity (Wildman–Crippen MR) is 86.1 cm³/mol. The molecule has 0 atom stereocenters. The molecule has 0 aliphatic rings. The number of aromatic amines is 1. The van der Waals surface area contributed by atoms with E-state index in [-0.39, 0.29) is 11.3 Å². The summed E-state index contributed by atoms with van der Waals surface area (Å²) in [6.45, 7) is 0. The highest BCUT2D eigenvalue weighted by molar-refractivity contribution is 5.90. The Morgan fingerprint density at radius 2 is 1.83 bits per heavy atom. The fourth-order valence-corrected chi connectivity index (χ4v) is 2.56. The fraction of sp³-hybridized carbons (Fsp3) is 0. The number of benzene rings is 1. The number of pyridine rings is 1. The molecule has 1 aromatic carbocycles. The van der Waals surface area contributed by atoms with Crippen LogP contribution in [0.1, 0.15) is 0 Å². The van der Waals surface area contributed by atoms with Crippen molar-refractivity contribution in [2.75, 3.05) is 0 Å². The molecule has 0 radical (unpaired) electrons. The van der Waals surface area contributed by atoms with Crippen molar-refractivity contribution < 1.29 is 5.11 Å². The molecule has 112 valence electrons. The van der Waals surface area contributed by atoms with Crippen LogP contribution in [-0.2, 0) is 0 Å². The first-order valence-electron chi connectivity index (χ1n) is 7.05. The zero-order valence-electron chi connectivity index (χ0n) is 12.0. The van der Waals surface area contributed by atoms with Gasteiger partial charge < -0.3 is 5.11 Å². The Bertz CT molecular complexity index is 1030. The van der Waals surface area contributed by atoms with Crippen LogP contribution in [0.25, 0.3) is 28.0 Å². The first-order valence-corrected chi connectivity index (χ1v) is 7.05. The van der Waals surface area contributed by atoms with Gasteiger partial charge in [0.25, 0.3) is 5.56 Å². The van der Waals surface area contributed by atoms with Crippen molar-refractivity contribution in [3.63, 3.8) is 0 Å². The summed E-state index contributed by atoms with van der Waals surface area (Å²) in [5.41, 5.74) is 3.68. The highest BCUT2D eigenvalue weighted by atomic mass is 16.3. The summed E-state index contributed by atoms with van der Waals surface area (Å²) in [7, 11) is 0. The minimum atomic E-state index is -0.253. The first kappa shape index (κ1) is 13.3. The topological polar surface area (TPSA) is 83.3 Å². The van der Waals surface area contributed by atoms with E-state index >= 15 is 0 Å². The van der Waals surface area contributed by atoms with Crippen LogP contribution in [0.2, 0.25) is 0 Å². The Morgan fingerprint density at radius 3 is 2.57 bits per heavy atom. The Labute approximate surface area is 130 Å². The van der Waals surface area contributed by atoms with Crippen LogP contribution in [0.3, 0.4) is 0 Å². The molecule has 0 aliphatic heterocycles. The van der Waals surface area contributed by atoms with E-state index in [1.54, 1.807) is 34.8 Å². The Balaban J connectivity index is 2.03. The molecular weight excluding hydrogens is 292 g/mol. The highest BCUT2D eigenvalue weighted by Gasteiger charge is 2.17. The van der Waals surface area contributed by atoms with Crippen LogP contribution in [-0.4, -0.2) is 24.9 Å². The summed E-state index contributed by atoms with van der Waals surface area (Å²) >= 11 is 0. The number of phenolic OH excluding ortho intramolecular Hbond substituents is 1. The lowest BCUT2D eigenvalue weighted by molar-refractivity contribution is 0.475. The number of rotatable bonds is 2. The number of aromatic hydroxyl groups is 1.